The fraction of sp³-hybridized carbons (Fsp3) is 0.917. The van der Waals surface area contributed by atoms with E-state index in [-0.39, 0.29) is 5.97 Å². The number of rotatable bonds is 8. The number of ether oxygens (including phenoxy) is 1. The van der Waals surface area contributed by atoms with Crippen molar-refractivity contribution in [3.8, 4) is 0 Å². The lowest BCUT2D eigenvalue weighted by Gasteiger charge is -2.20. The van der Waals surface area contributed by atoms with Gasteiger partial charge in [0.1, 0.15) is 5.54 Å². The Morgan fingerprint density at radius 2 is 1.73 bits per heavy atom. The van der Waals surface area contributed by atoms with Crippen LogP contribution in [0.15, 0.2) is 0 Å². The molecule has 1 atom stereocenters. The van der Waals surface area contributed by atoms with Gasteiger partial charge in [-0.25, -0.2) is 0 Å². The molecule has 90 valence electrons. The Morgan fingerprint density at radius 3 is 2.27 bits per heavy atom. The minimum absolute atomic E-state index is 0.309. The summed E-state index contributed by atoms with van der Waals surface area (Å²) >= 11 is 0. The second-order valence-electron chi connectivity index (χ2n) is 4.43. The Bertz CT molecular complexity index is 178. The van der Waals surface area contributed by atoms with E-state index in [2.05, 4.69) is 11.7 Å². The third kappa shape index (κ3) is 6.50. The van der Waals surface area contributed by atoms with Crippen molar-refractivity contribution < 1.29 is 9.53 Å². The SMILES string of the molecule is CCCCCCCCC(C)(N)C(=O)OC. The van der Waals surface area contributed by atoms with Crippen LogP contribution in [-0.4, -0.2) is 18.6 Å². The van der Waals surface area contributed by atoms with Crippen molar-refractivity contribution in [1.29, 1.82) is 0 Å². The molecule has 2 N–H and O–H groups in total. The second-order valence-corrected chi connectivity index (χ2v) is 4.43. The summed E-state index contributed by atoms with van der Waals surface area (Å²) in [6.07, 6.45) is 7.97. The number of nitrogens with two attached hydrogens (primary N) is 1. The maximum absolute atomic E-state index is 11.3. The molecule has 0 aliphatic rings. The van der Waals surface area contributed by atoms with Crippen molar-refractivity contribution in [3.05, 3.63) is 0 Å². The molecule has 0 rings (SSSR count). The Labute approximate surface area is 93.4 Å². The predicted octanol–water partition coefficient (Wildman–Crippen LogP) is 2.63. The fourth-order valence-electron chi connectivity index (χ4n) is 1.61. The highest BCUT2D eigenvalue weighted by molar-refractivity contribution is 5.79. The van der Waals surface area contributed by atoms with Crippen LogP contribution in [-0.2, 0) is 9.53 Å². The summed E-state index contributed by atoms with van der Waals surface area (Å²) in [4.78, 5) is 11.3. The molecule has 0 aromatic heterocycles. The molecule has 3 nitrogen and oxygen atoms in total. The van der Waals surface area contributed by atoms with Crippen LogP contribution >= 0.6 is 0 Å². The van der Waals surface area contributed by atoms with Gasteiger partial charge in [0, 0.05) is 0 Å². The van der Waals surface area contributed by atoms with Crippen LogP contribution in [0.1, 0.15) is 58.8 Å². The number of hydrogen-bond acceptors (Lipinski definition) is 3. The van der Waals surface area contributed by atoms with Gasteiger partial charge in [0.25, 0.3) is 0 Å². The van der Waals surface area contributed by atoms with Crippen molar-refractivity contribution in [2.75, 3.05) is 7.11 Å². The van der Waals surface area contributed by atoms with Crippen molar-refractivity contribution in [2.45, 2.75) is 64.3 Å². The molecule has 0 heterocycles. The first-order valence-corrected chi connectivity index (χ1v) is 5.92. The number of hydrogen-bond donors (Lipinski definition) is 1. The van der Waals surface area contributed by atoms with Crippen LogP contribution in [0.3, 0.4) is 0 Å². The second kappa shape index (κ2) is 7.69. The summed E-state index contributed by atoms with van der Waals surface area (Å²) in [6.45, 7) is 3.94. The van der Waals surface area contributed by atoms with E-state index < -0.39 is 5.54 Å². The molecule has 0 aromatic carbocycles. The van der Waals surface area contributed by atoms with Gasteiger partial charge in [0.05, 0.1) is 7.11 Å². The maximum atomic E-state index is 11.3. The zero-order valence-electron chi connectivity index (χ0n) is 10.3. The summed E-state index contributed by atoms with van der Waals surface area (Å²) in [5.74, 6) is -0.309. The summed E-state index contributed by atoms with van der Waals surface area (Å²) in [7, 11) is 1.38. The van der Waals surface area contributed by atoms with Gasteiger partial charge in [-0.1, -0.05) is 45.4 Å². The third-order valence-corrected chi connectivity index (χ3v) is 2.70. The number of esters is 1. The standard InChI is InChI=1S/C12H25NO2/c1-4-5-6-7-8-9-10-12(2,13)11(14)15-3/h4-10,13H2,1-3H3. The average molecular weight is 215 g/mol. The lowest BCUT2D eigenvalue weighted by molar-refractivity contribution is -0.146. The van der Waals surface area contributed by atoms with Gasteiger partial charge < -0.3 is 10.5 Å². The van der Waals surface area contributed by atoms with Crippen LogP contribution in [0.2, 0.25) is 0 Å². The van der Waals surface area contributed by atoms with Crippen molar-refractivity contribution in [2.24, 2.45) is 5.73 Å². The van der Waals surface area contributed by atoms with Gasteiger partial charge in [-0.2, -0.15) is 0 Å². The van der Waals surface area contributed by atoms with Crippen LogP contribution in [0, 0.1) is 0 Å². The van der Waals surface area contributed by atoms with Crippen molar-refractivity contribution in [3.63, 3.8) is 0 Å². The molecule has 0 aromatic rings. The van der Waals surface area contributed by atoms with Gasteiger partial charge in [0.2, 0.25) is 0 Å². The first kappa shape index (κ1) is 14.4. The Balaban J connectivity index is 3.53. The highest BCUT2D eigenvalue weighted by Gasteiger charge is 2.28. The summed E-state index contributed by atoms with van der Waals surface area (Å²) in [5, 5.41) is 0. The number of carbonyl (C=O) groups is 1. The Kier molecular flexibility index (Phi) is 7.39. The summed E-state index contributed by atoms with van der Waals surface area (Å²) < 4.78 is 4.65. The van der Waals surface area contributed by atoms with Gasteiger partial charge >= 0.3 is 5.97 Å². The van der Waals surface area contributed by atoms with E-state index in [1.165, 1.54) is 32.8 Å². The molecule has 15 heavy (non-hydrogen) atoms. The highest BCUT2D eigenvalue weighted by atomic mass is 16.5. The van der Waals surface area contributed by atoms with Crippen LogP contribution in [0.4, 0.5) is 0 Å². The summed E-state index contributed by atoms with van der Waals surface area (Å²) in [5.41, 5.74) is 5.03. The highest BCUT2D eigenvalue weighted by Crippen LogP contribution is 2.14. The van der Waals surface area contributed by atoms with E-state index in [1.807, 2.05) is 0 Å². The largest absolute Gasteiger partial charge is 0.468 e. The summed E-state index contributed by atoms with van der Waals surface area (Å²) in [6, 6.07) is 0. The molecule has 0 fully saturated rings. The van der Waals surface area contributed by atoms with Crippen LogP contribution < -0.4 is 5.73 Å². The molecule has 0 saturated heterocycles. The normalized spacial score (nSPS) is 14.7. The van der Waals surface area contributed by atoms with Crippen LogP contribution in [0.25, 0.3) is 0 Å². The molecule has 0 spiro atoms. The number of carbonyl (C=O) groups excluding carboxylic acids is 1. The van der Waals surface area contributed by atoms with E-state index in [0.717, 1.165) is 12.8 Å². The van der Waals surface area contributed by atoms with Crippen molar-refractivity contribution in [1.82, 2.24) is 0 Å². The molecule has 0 amide bonds. The molecule has 0 saturated carbocycles. The maximum Gasteiger partial charge on any atom is 0.325 e. The van der Waals surface area contributed by atoms with E-state index in [4.69, 9.17) is 5.73 Å². The first-order chi connectivity index (χ1) is 7.04. The minimum Gasteiger partial charge on any atom is -0.468 e. The van der Waals surface area contributed by atoms with E-state index in [9.17, 15) is 4.79 Å². The Morgan fingerprint density at radius 1 is 1.20 bits per heavy atom. The zero-order chi connectivity index (χ0) is 11.7. The van der Waals surface area contributed by atoms with E-state index >= 15 is 0 Å². The number of unbranched alkanes of at least 4 members (excludes halogenated alkanes) is 5. The van der Waals surface area contributed by atoms with Gasteiger partial charge in [-0.3, -0.25) is 4.79 Å². The topological polar surface area (TPSA) is 52.3 Å². The third-order valence-electron chi connectivity index (χ3n) is 2.70. The lowest BCUT2D eigenvalue weighted by atomic mass is 9.95. The molecular weight excluding hydrogens is 190 g/mol. The molecule has 0 aliphatic carbocycles. The van der Waals surface area contributed by atoms with Gasteiger partial charge in [-0.15, -0.1) is 0 Å². The lowest BCUT2D eigenvalue weighted by Crippen LogP contribution is -2.45. The Hall–Kier alpha value is -0.570. The monoisotopic (exact) mass is 215 g/mol. The van der Waals surface area contributed by atoms with E-state index in [1.54, 1.807) is 6.92 Å². The predicted molar refractivity (Wildman–Crippen MR) is 62.6 cm³/mol. The minimum atomic E-state index is -0.806. The quantitative estimate of drug-likeness (QED) is 0.500. The van der Waals surface area contributed by atoms with Gasteiger partial charge in [0.15, 0.2) is 0 Å². The first-order valence-electron chi connectivity index (χ1n) is 5.92. The molecule has 0 radical (unpaired) electrons. The molecule has 0 bridgehead atoms. The molecule has 1 unspecified atom stereocenters. The van der Waals surface area contributed by atoms with E-state index in [0.29, 0.717) is 6.42 Å². The molecular formula is C12H25NO2. The van der Waals surface area contributed by atoms with Crippen LogP contribution in [0.5, 0.6) is 0 Å². The average Bonchev–Trinajstić information content (AvgIpc) is 2.22. The fourth-order valence-corrected chi connectivity index (χ4v) is 1.61. The zero-order valence-corrected chi connectivity index (χ0v) is 10.3. The molecule has 0 aliphatic heterocycles. The van der Waals surface area contributed by atoms with Crippen molar-refractivity contribution >= 4 is 5.97 Å². The number of methoxy groups -OCH3 is 1. The smallest absolute Gasteiger partial charge is 0.325 e. The van der Waals surface area contributed by atoms with Gasteiger partial charge in [-0.05, 0) is 13.3 Å². The molecule has 3 heteroatoms.